The first-order valence-electron chi connectivity index (χ1n) is 9.68. The zero-order chi connectivity index (χ0) is 19.6. The molecule has 146 valence electrons. The van der Waals surface area contributed by atoms with Crippen LogP contribution in [-0.4, -0.2) is 30.2 Å². The van der Waals surface area contributed by atoms with E-state index in [1.165, 1.54) is 11.1 Å². The number of fused-ring (bicyclic) bond motifs is 3. The molecule has 7 heteroatoms. The Kier molecular flexibility index (Phi) is 5.61. The fourth-order valence-corrected chi connectivity index (χ4v) is 4.81. The van der Waals surface area contributed by atoms with E-state index >= 15 is 0 Å². The average molecular weight is 373 g/mol. The van der Waals surface area contributed by atoms with Crippen molar-refractivity contribution >= 4 is 11.9 Å². The summed E-state index contributed by atoms with van der Waals surface area (Å²) < 4.78 is 11.7. The highest BCUT2D eigenvalue weighted by Gasteiger charge is 2.56. The van der Waals surface area contributed by atoms with Crippen molar-refractivity contribution in [1.29, 1.82) is 0 Å². The summed E-state index contributed by atoms with van der Waals surface area (Å²) in [5.74, 6) is -0.668. The Hall–Kier alpha value is -2.27. The molecule has 1 aliphatic heterocycles. The number of azide groups is 1. The van der Waals surface area contributed by atoms with Crippen LogP contribution in [0.3, 0.4) is 0 Å². The largest absolute Gasteiger partial charge is 0.459 e. The Morgan fingerprint density at radius 2 is 2.22 bits per heavy atom. The minimum atomic E-state index is -0.670. The lowest BCUT2D eigenvalue weighted by Crippen LogP contribution is -2.44. The van der Waals surface area contributed by atoms with Gasteiger partial charge in [-0.2, -0.15) is 0 Å². The van der Waals surface area contributed by atoms with Gasteiger partial charge in [-0.1, -0.05) is 22.8 Å². The van der Waals surface area contributed by atoms with E-state index in [1.54, 1.807) is 0 Å². The molecule has 0 aromatic carbocycles. The van der Waals surface area contributed by atoms with Crippen LogP contribution in [0.2, 0.25) is 0 Å². The number of nitrogens with zero attached hydrogens (tertiary/aromatic N) is 3. The van der Waals surface area contributed by atoms with Gasteiger partial charge in [0.05, 0.1) is 5.92 Å². The lowest BCUT2D eigenvalue weighted by Gasteiger charge is -2.36. The molecule has 4 atom stereocenters. The molecule has 1 saturated heterocycles. The first kappa shape index (κ1) is 19.5. The zero-order valence-corrected chi connectivity index (χ0v) is 16.1. The van der Waals surface area contributed by atoms with E-state index in [4.69, 9.17) is 15.0 Å². The minimum absolute atomic E-state index is 0.00470. The molecule has 3 rings (SSSR count). The molecule has 27 heavy (non-hydrogen) atoms. The molecule has 0 spiro atoms. The van der Waals surface area contributed by atoms with E-state index in [0.717, 1.165) is 25.7 Å². The van der Waals surface area contributed by atoms with Gasteiger partial charge < -0.3 is 9.47 Å². The highest BCUT2D eigenvalue weighted by atomic mass is 16.6. The summed E-state index contributed by atoms with van der Waals surface area (Å²) in [4.78, 5) is 27.2. The molecule has 0 unspecified atom stereocenters. The molecule has 0 aromatic rings. The molecule has 0 N–H and O–H groups in total. The lowest BCUT2D eigenvalue weighted by atomic mass is 9.79. The van der Waals surface area contributed by atoms with Crippen LogP contribution in [-0.2, 0) is 19.1 Å². The standard InChI is InChI=1S/C20H27N3O4/c1-12-7-8-15-13(2)19(25)26-18(15)17-14(12)9-10-20(17,3)27-16(24)6-4-5-11-22-23-21/h15,17-18H,2,4-11H2,1,3H3/t15-,17-,18-,20+/m0/s1. The van der Waals surface area contributed by atoms with Gasteiger partial charge in [0.2, 0.25) is 0 Å². The molecule has 2 aliphatic carbocycles. The third-order valence-corrected chi connectivity index (χ3v) is 6.28. The number of carbonyl (C=O) groups is 2. The number of hydrogen-bond acceptors (Lipinski definition) is 5. The van der Waals surface area contributed by atoms with Crippen molar-refractivity contribution in [2.45, 2.75) is 70.5 Å². The van der Waals surface area contributed by atoms with Crippen molar-refractivity contribution in [1.82, 2.24) is 0 Å². The first-order valence-corrected chi connectivity index (χ1v) is 9.68. The summed E-state index contributed by atoms with van der Waals surface area (Å²) in [5, 5.41) is 3.47. The summed E-state index contributed by atoms with van der Waals surface area (Å²) in [6, 6.07) is 0. The summed E-state index contributed by atoms with van der Waals surface area (Å²) in [6.45, 7) is 8.43. The Bertz CT molecular complexity index is 738. The van der Waals surface area contributed by atoms with Crippen LogP contribution < -0.4 is 0 Å². The van der Waals surface area contributed by atoms with Gasteiger partial charge in [0.25, 0.3) is 0 Å². The van der Waals surface area contributed by atoms with Crippen LogP contribution in [0.1, 0.15) is 58.8 Å². The van der Waals surface area contributed by atoms with Crippen LogP contribution in [0.4, 0.5) is 0 Å². The second-order valence-corrected chi connectivity index (χ2v) is 8.02. The van der Waals surface area contributed by atoms with E-state index in [1.807, 2.05) is 6.92 Å². The molecule has 1 saturated carbocycles. The third kappa shape index (κ3) is 3.74. The van der Waals surface area contributed by atoms with Crippen LogP contribution >= 0.6 is 0 Å². The van der Waals surface area contributed by atoms with Crippen LogP contribution in [0.5, 0.6) is 0 Å². The predicted molar refractivity (Wildman–Crippen MR) is 99.5 cm³/mol. The topological polar surface area (TPSA) is 101 Å². The highest BCUT2D eigenvalue weighted by Crippen LogP contribution is 2.53. The summed E-state index contributed by atoms with van der Waals surface area (Å²) in [6.07, 6.45) is 4.66. The zero-order valence-electron chi connectivity index (χ0n) is 16.1. The van der Waals surface area contributed by atoms with Gasteiger partial charge in [-0.15, -0.1) is 0 Å². The lowest BCUT2D eigenvalue weighted by molar-refractivity contribution is -0.167. The van der Waals surface area contributed by atoms with Crippen LogP contribution in [0.25, 0.3) is 10.4 Å². The van der Waals surface area contributed by atoms with Gasteiger partial charge in [-0.3, -0.25) is 4.79 Å². The van der Waals surface area contributed by atoms with Gasteiger partial charge >= 0.3 is 11.9 Å². The van der Waals surface area contributed by atoms with Crippen LogP contribution in [0, 0.1) is 11.8 Å². The number of ether oxygens (including phenoxy) is 2. The monoisotopic (exact) mass is 373 g/mol. The van der Waals surface area contributed by atoms with Gasteiger partial charge in [0.1, 0.15) is 11.7 Å². The van der Waals surface area contributed by atoms with E-state index in [2.05, 4.69) is 23.5 Å². The normalized spacial score (nSPS) is 32.3. The fraction of sp³-hybridized carbons (Fsp3) is 0.700. The number of rotatable bonds is 6. The van der Waals surface area contributed by atoms with E-state index in [9.17, 15) is 9.59 Å². The third-order valence-electron chi connectivity index (χ3n) is 6.28. The number of allylic oxidation sites excluding steroid dienone is 1. The molecule has 2 fully saturated rings. The van der Waals surface area contributed by atoms with E-state index in [-0.39, 0.29) is 29.9 Å². The van der Waals surface area contributed by atoms with E-state index < -0.39 is 5.60 Å². The summed E-state index contributed by atoms with van der Waals surface area (Å²) >= 11 is 0. The van der Waals surface area contributed by atoms with Crippen molar-refractivity contribution in [2.24, 2.45) is 17.0 Å². The number of carbonyl (C=O) groups excluding carboxylic acids is 2. The van der Waals surface area contributed by atoms with Crippen molar-refractivity contribution in [3.63, 3.8) is 0 Å². The van der Waals surface area contributed by atoms with Crippen molar-refractivity contribution in [3.8, 4) is 0 Å². The first-order chi connectivity index (χ1) is 12.9. The quantitative estimate of drug-likeness (QED) is 0.131. The Labute approximate surface area is 159 Å². The highest BCUT2D eigenvalue weighted by molar-refractivity contribution is 5.91. The van der Waals surface area contributed by atoms with Crippen molar-refractivity contribution in [2.75, 3.05) is 6.54 Å². The molecule has 3 aliphatic rings. The summed E-state index contributed by atoms with van der Waals surface area (Å²) in [5.41, 5.74) is 10.8. The maximum Gasteiger partial charge on any atom is 0.334 e. The molecule has 7 nitrogen and oxygen atoms in total. The Morgan fingerprint density at radius 3 is 2.96 bits per heavy atom. The molecule has 0 amide bonds. The molecule has 0 aromatic heterocycles. The van der Waals surface area contributed by atoms with Crippen LogP contribution in [0.15, 0.2) is 28.4 Å². The molecule has 0 bridgehead atoms. The second-order valence-electron chi connectivity index (χ2n) is 8.02. The minimum Gasteiger partial charge on any atom is -0.459 e. The average Bonchev–Trinajstić information content (AvgIpc) is 3.04. The Morgan fingerprint density at radius 1 is 1.44 bits per heavy atom. The molecule has 1 heterocycles. The van der Waals surface area contributed by atoms with Gasteiger partial charge in [0.15, 0.2) is 0 Å². The van der Waals surface area contributed by atoms with Crippen molar-refractivity contribution < 1.29 is 19.1 Å². The van der Waals surface area contributed by atoms with Gasteiger partial charge in [-0.25, -0.2) is 4.79 Å². The molecular weight excluding hydrogens is 346 g/mol. The van der Waals surface area contributed by atoms with Gasteiger partial charge in [-0.05, 0) is 57.9 Å². The number of hydrogen-bond donors (Lipinski definition) is 0. The Balaban J connectivity index is 1.74. The van der Waals surface area contributed by atoms with Crippen molar-refractivity contribution in [3.05, 3.63) is 33.7 Å². The van der Waals surface area contributed by atoms with E-state index in [0.29, 0.717) is 31.4 Å². The summed E-state index contributed by atoms with van der Waals surface area (Å²) in [7, 11) is 0. The number of unbranched alkanes of at least 4 members (excludes halogenated alkanes) is 1. The number of esters is 2. The fourth-order valence-electron chi connectivity index (χ4n) is 4.81. The molecule has 0 radical (unpaired) electrons. The van der Waals surface area contributed by atoms with Gasteiger partial charge in [0, 0.05) is 29.4 Å². The molecular formula is C20H27N3O4. The maximum atomic E-state index is 12.4. The smallest absolute Gasteiger partial charge is 0.334 e. The maximum absolute atomic E-state index is 12.4. The SMILES string of the molecule is C=C1C(=O)O[C@H]2[C@H]1CCC(C)=C1CC[C@@](C)(OC(=O)CCCCN=[N+]=[N-])[C@@H]12. The predicted octanol–water partition coefficient (Wildman–Crippen LogP) is 4.39. The second kappa shape index (κ2) is 7.77.